The summed E-state index contributed by atoms with van der Waals surface area (Å²) < 4.78 is 11.0. The average Bonchev–Trinajstić information content (AvgIpc) is 2.69. The number of fused-ring (bicyclic) bond motifs is 1. The van der Waals surface area contributed by atoms with E-state index in [1.807, 2.05) is 24.3 Å². The topological polar surface area (TPSA) is 64.8 Å². The van der Waals surface area contributed by atoms with Crippen molar-refractivity contribution in [3.63, 3.8) is 0 Å². The van der Waals surface area contributed by atoms with Crippen LogP contribution in [0.25, 0.3) is 0 Å². The van der Waals surface area contributed by atoms with E-state index in [9.17, 15) is 4.79 Å². The fourth-order valence-electron chi connectivity index (χ4n) is 2.84. The van der Waals surface area contributed by atoms with Crippen LogP contribution < -0.4 is 10.5 Å². The number of β-lactam (4-membered cyclic amide) rings is 1. The lowest BCUT2D eigenvalue weighted by atomic mass is 10.0. The molecule has 1 aromatic rings. The van der Waals surface area contributed by atoms with Crippen LogP contribution in [0, 0.1) is 11.8 Å². The quantitative estimate of drug-likeness (QED) is 0.475. The van der Waals surface area contributed by atoms with Gasteiger partial charge in [0.15, 0.2) is 0 Å². The van der Waals surface area contributed by atoms with Crippen molar-refractivity contribution in [3.8, 4) is 17.6 Å². The van der Waals surface area contributed by atoms with Gasteiger partial charge in [0.25, 0.3) is 0 Å². The molecule has 1 aromatic carbocycles. The van der Waals surface area contributed by atoms with Crippen molar-refractivity contribution in [2.75, 3.05) is 12.9 Å². The number of thioether (sulfide) groups is 1. The van der Waals surface area contributed by atoms with Gasteiger partial charge in [-0.3, -0.25) is 9.69 Å². The molecule has 2 aliphatic rings. The van der Waals surface area contributed by atoms with Gasteiger partial charge in [-0.2, -0.15) is 0 Å². The van der Waals surface area contributed by atoms with Crippen LogP contribution in [-0.4, -0.2) is 40.1 Å². The maximum atomic E-state index is 12.3. The Balaban J connectivity index is 1.77. The van der Waals surface area contributed by atoms with Gasteiger partial charge in [0, 0.05) is 12.2 Å². The fourth-order valence-corrected chi connectivity index (χ4v) is 4.43. The van der Waals surface area contributed by atoms with E-state index < -0.39 is 6.04 Å². The normalized spacial score (nSPS) is 21.3. The molecule has 1 fully saturated rings. The van der Waals surface area contributed by atoms with Gasteiger partial charge in [-0.1, -0.05) is 18.1 Å². The molecular weight excluding hydrogens is 368 g/mol. The Hall–Kier alpha value is -2.01. The molecule has 0 aliphatic carbocycles. The van der Waals surface area contributed by atoms with Crippen LogP contribution in [0.1, 0.15) is 18.9 Å². The lowest BCUT2D eigenvalue weighted by Crippen LogP contribution is -2.68. The van der Waals surface area contributed by atoms with Crippen molar-refractivity contribution < 1.29 is 14.3 Å². The van der Waals surface area contributed by atoms with Crippen molar-refractivity contribution in [2.24, 2.45) is 5.73 Å². The monoisotopic (exact) mass is 388 g/mol. The van der Waals surface area contributed by atoms with Crippen molar-refractivity contribution in [3.05, 3.63) is 41.1 Å². The number of carbonyl (C=O) groups is 1. The predicted molar refractivity (Wildman–Crippen MR) is 107 cm³/mol. The van der Waals surface area contributed by atoms with Crippen molar-refractivity contribution in [2.45, 2.75) is 31.4 Å². The van der Waals surface area contributed by atoms with Crippen LogP contribution in [0.4, 0.5) is 0 Å². The highest BCUT2D eigenvalue weighted by Gasteiger charge is 2.51. The van der Waals surface area contributed by atoms with Gasteiger partial charge in [0.05, 0.1) is 12.8 Å². The van der Waals surface area contributed by atoms with Gasteiger partial charge in [-0.05, 0) is 42.4 Å². The summed E-state index contributed by atoms with van der Waals surface area (Å²) in [7, 11) is 1.63. The van der Waals surface area contributed by atoms with Crippen LogP contribution in [-0.2, 0) is 16.1 Å². The van der Waals surface area contributed by atoms with E-state index in [0.717, 1.165) is 22.6 Å². The molecule has 7 heteroatoms. The Morgan fingerprint density at radius 2 is 2.15 bits per heavy atom. The summed E-state index contributed by atoms with van der Waals surface area (Å²) in [5.41, 5.74) is 8.58. The highest BCUT2D eigenvalue weighted by atomic mass is 32.2. The molecule has 3 rings (SSSR count). The van der Waals surface area contributed by atoms with Crippen molar-refractivity contribution >= 4 is 34.9 Å². The van der Waals surface area contributed by atoms with Gasteiger partial charge in [0.1, 0.15) is 23.8 Å². The van der Waals surface area contributed by atoms with Gasteiger partial charge in [-0.25, -0.2) is 0 Å². The molecule has 1 saturated heterocycles. The second-order valence-corrected chi connectivity index (χ2v) is 7.39. The van der Waals surface area contributed by atoms with E-state index in [-0.39, 0.29) is 11.3 Å². The van der Waals surface area contributed by atoms with Crippen LogP contribution in [0.3, 0.4) is 0 Å². The third kappa shape index (κ3) is 3.58. The average molecular weight is 389 g/mol. The van der Waals surface area contributed by atoms with E-state index in [0.29, 0.717) is 23.8 Å². The minimum absolute atomic E-state index is 0.0710. The summed E-state index contributed by atoms with van der Waals surface area (Å²) in [4.78, 5) is 13.9. The molecule has 26 heavy (non-hydrogen) atoms. The van der Waals surface area contributed by atoms with Crippen molar-refractivity contribution in [1.29, 1.82) is 0 Å². The Bertz CT molecular complexity index is 808. The highest BCUT2D eigenvalue weighted by molar-refractivity contribution is 8.00. The number of methoxy groups -OCH3 is 1. The summed E-state index contributed by atoms with van der Waals surface area (Å²) in [6.45, 7) is 2.12. The minimum atomic E-state index is -0.474. The van der Waals surface area contributed by atoms with Gasteiger partial charge in [0.2, 0.25) is 11.0 Å². The second-order valence-electron chi connectivity index (χ2n) is 5.92. The lowest BCUT2D eigenvalue weighted by Gasteiger charge is -2.48. The third-order valence-corrected chi connectivity index (χ3v) is 5.96. The molecule has 2 aliphatic heterocycles. The molecule has 0 bridgehead atoms. The number of hydrogen-bond acceptors (Lipinski definition) is 6. The smallest absolute Gasteiger partial charge is 0.248 e. The summed E-state index contributed by atoms with van der Waals surface area (Å²) in [5.74, 6) is 7.36. The Morgan fingerprint density at radius 3 is 2.81 bits per heavy atom. The number of carbonyl (C=O) groups excluding carboxylic acids is 1. The SMILES string of the molecule is CC#CCC1=C(C(=S)OCc2ccc(OC)cc2)N2C(=O)[C@@H](N)[C@H]2SC1. The van der Waals surface area contributed by atoms with Crippen molar-refractivity contribution in [1.82, 2.24) is 4.90 Å². The van der Waals surface area contributed by atoms with Gasteiger partial charge in [-0.15, -0.1) is 17.7 Å². The largest absolute Gasteiger partial charge is 0.497 e. The number of rotatable bonds is 5. The number of amides is 1. The maximum absolute atomic E-state index is 12.3. The number of ether oxygens (including phenoxy) is 2. The lowest BCUT2D eigenvalue weighted by molar-refractivity contribution is -0.140. The zero-order valence-corrected chi connectivity index (χ0v) is 16.3. The summed E-state index contributed by atoms with van der Waals surface area (Å²) in [5, 5.41) is 0.248. The number of thiocarbonyl (C=S) groups is 1. The Kier molecular flexibility index (Phi) is 5.87. The zero-order chi connectivity index (χ0) is 18.7. The molecular formula is C19H20N2O3S2. The van der Waals surface area contributed by atoms with Crippen LogP contribution in [0.2, 0.25) is 0 Å². The molecule has 0 saturated carbocycles. The van der Waals surface area contributed by atoms with Gasteiger partial charge >= 0.3 is 0 Å². The molecule has 0 aromatic heterocycles. The predicted octanol–water partition coefficient (Wildman–Crippen LogP) is 2.45. The first-order valence-electron chi connectivity index (χ1n) is 8.18. The highest BCUT2D eigenvalue weighted by Crippen LogP contribution is 2.40. The second kappa shape index (κ2) is 8.12. The number of nitrogens with zero attached hydrogens (tertiary/aromatic N) is 1. The first-order chi connectivity index (χ1) is 12.6. The summed E-state index contributed by atoms with van der Waals surface area (Å²) in [6.07, 6.45) is 0.566. The first kappa shape index (κ1) is 18.8. The molecule has 136 valence electrons. The van der Waals surface area contributed by atoms with Crippen LogP contribution >= 0.6 is 24.0 Å². The van der Waals surface area contributed by atoms with E-state index in [1.165, 1.54) is 0 Å². The number of nitrogens with two attached hydrogens (primary N) is 1. The molecule has 0 radical (unpaired) electrons. The Morgan fingerprint density at radius 1 is 1.42 bits per heavy atom. The van der Waals surface area contributed by atoms with E-state index in [1.54, 1.807) is 30.7 Å². The molecule has 0 spiro atoms. The Labute approximate surface area is 162 Å². The summed E-state index contributed by atoms with van der Waals surface area (Å²) in [6, 6.07) is 7.11. The van der Waals surface area contributed by atoms with E-state index >= 15 is 0 Å². The van der Waals surface area contributed by atoms with E-state index in [2.05, 4.69) is 11.8 Å². The van der Waals surface area contributed by atoms with Gasteiger partial charge < -0.3 is 15.2 Å². The fraction of sp³-hybridized carbons (Fsp3) is 0.368. The molecule has 2 atom stereocenters. The zero-order valence-electron chi connectivity index (χ0n) is 14.7. The standard InChI is InChI=1S/C19H20N2O3S2/c1-3-4-5-13-11-26-18-15(20)17(22)21(18)16(13)19(25)24-10-12-6-8-14(23-2)9-7-12/h6-9,15,18H,5,10-11,20H2,1-2H3/t15-,18-/m1/s1. The minimum Gasteiger partial charge on any atom is -0.497 e. The molecule has 1 amide bonds. The number of hydrogen-bond donors (Lipinski definition) is 1. The molecule has 2 N–H and O–H groups in total. The first-order valence-corrected chi connectivity index (χ1v) is 9.64. The molecule has 0 unspecified atom stereocenters. The third-order valence-electron chi connectivity index (χ3n) is 4.29. The molecule has 5 nitrogen and oxygen atoms in total. The summed E-state index contributed by atoms with van der Waals surface area (Å²) >= 11 is 7.16. The number of benzene rings is 1. The van der Waals surface area contributed by atoms with Crippen LogP contribution in [0.15, 0.2) is 35.5 Å². The maximum Gasteiger partial charge on any atom is 0.248 e. The molecule has 2 heterocycles. The van der Waals surface area contributed by atoms with Crippen LogP contribution in [0.5, 0.6) is 5.75 Å². The van der Waals surface area contributed by atoms with E-state index in [4.69, 9.17) is 27.4 Å².